The highest BCUT2D eigenvalue weighted by molar-refractivity contribution is 7.89. The lowest BCUT2D eigenvalue weighted by Gasteiger charge is -2.35. The average molecular weight is 482 g/mol. The summed E-state index contributed by atoms with van der Waals surface area (Å²) < 4.78 is 29.0. The maximum atomic E-state index is 12.9. The van der Waals surface area contributed by atoms with Gasteiger partial charge in [0.1, 0.15) is 5.75 Å². The summed E-state index contributed by atoms with van der Waals surface area (Å²) in [6, 6.07) is 15.6. The van der Waals surface area contributed by atoms with Crippen molar-refractivity contribution in [2.24, 2.45) is 0 Å². The van der Waals surface area contributed by atoms with E-state index < -0.39 is 21.7 Å². The van der Waals surface area contributed by atoms with E-state index in [0.29, 0.717) is 43.7 Å². The van der Waals surface area contributed by atoms with Gasteiger partial charge in [0.2, 0.25) is 15.9 Å². The van der Waals surface area contributed by atoms with Crippen molar-refractivity contribution >= 4 is 27.3 Å². The molecule has 3 aromatic rings. The molecule has 1 aromatic heterocycles. The van der Waals surface area contributed by atoms with Crippen molar-refractivity contribution in [1.82, 2.24) is 24.5 Å². The van der Waals surface area contributed by atoms with Crippen LogP contribution >= 0.6 is 0 Å². The Morgan fingerprint density at radius 3 is 2.56 bits per heavy atom. The third-order valence-corrected chi connectivity index (χ3v) is 7.88. The molecule has 1 N–H and O–H groups in total. The maximum absolute atomic E-state index is 12.9. The Kier molecular flexibility index (Phi) is 6.05. The Bertz CT molecular complexity index is 1300. The van der Waals surface area contributed by atoms with Gasteiger partial charge in [-0.3, -0.25) is 4.79 Å². The number of amides is 1. The highest BCUT2D eigenvalue weighted by Gasteiger charge is 2.30. The van der Waals surface area contributed by atoms with Crippen LogP contribution in [-0.2, 0) is 14.8 Å². The fourth-order valence-corrected chi connectivity index (χ4v) is 5.49. The summed E-state index contributed by atoms with van der Waals surface area (Å²) in [6.45, 7) is 3.91. The Hall–Kier alpha value is -3.31. The fraction of sp³-hybridized carbons (Fsp3) is 0.391. The van der Waals surface area contributed by atoms with Crippen LogP contribution in [-0.4, -0.2) is 70.8 Å². The number of tetrazole rings is 1. The van der Waals surface area contributed by atoms with E-state index in [0.717, 1.165) is 29.7 Å². The van der Waals surface area contributed by atoms with Crippen LogP contribution < -0.4 is 10.2 Å². The standard InChI is InChI=1S/C23H27N7O3S/c1-17-4-2-7-21(14-17)28-10-12-29(13-11-28)34(32,33)16-22(31)24-19-6-3-5-18(15-19)23-25-26-27-30(23)20-8-9-20/h2-7,14-15,20H,8-13,16H2,1H3,(H,24,31). The largest absolute Gasteiger partial charge is 0.369 e. The van der Waals surface area contributed by atoms with Gasteiger partial charge in [-0.25, -0.2) is 13.1 Å². The van der Waals surface area contributed by atoms with Gasteiger partial charge in [0.25, 0.3) is 0 Å². The second-order valence-corrected chi connectivity index (χ2v) is 10.8. The number of nitrogens with one attached hydrogen (secondary N) is 1. The number of hydrogen-bond donors (Lipinski definition) is 1. The molecule has 2 aliphatic rings. The first-order chi connectivity index (χ1) is 16.4. The summed E-state index contributed by atoms with van der Waals surface area (Å²) in [7, 11) is -3.72. The first-order valence-corrected chi connectivity index (χ1v) is 13.0. The number of aryl methyl sites for hydroxylation is 1. The van der Waals surface area contributed by atoms with E-state index in [9.17, 15) is 13.2 Å². The third kappa shape index (κ3) is 4.95. The number of carbonyl (C=O) groups is 1. The molecule has 0 bridgehead atoms. The van der Waals surface area contributed by atoms with Crippen LogP contribution in [0.2, 0.25) is 0 Å². The summed E-state index contributed by atoms with van der Waals surface area (Å²) in [6.07, 6.45) is 2.09. The van der Waals surface area contributed by atoms with Crippen LogP contribution in [0.4, 0.5) is 11.4 Å². The molecular formula is C23H27N7O3S. The zero-order chi connectivity index (χ0) is 23.7. The van der Waals surface area contributed by atoms with Gasteiger partial charge in [-0.15, -0.1) is 5.10 Å². The molecule has 1 amide bonds. The molecule has 2 fully saturated rings. The van der Waals surface area contributed by atoms with Crippen LogP contribution in [0.1, 0.15) is 24.4 Å². The van der Waals surface area contributed by atoms with E-state index in [1.807, 2.05) is 31.2 Å². The highest BCUT2D eigenvalue weighted by atomic mass is 32.2. The molecule has 0 unspecified atom stereocenters. The minimum absolute atomic E-state index is 0.319. The Balaban J connectivity index is 1.20. The van der Waals surface area contributed by atoms with E-state index in [2.05, 4.69) is 31.8 Å². The molecule has 2 heterocycles. The van der Waals surface area contributed by atoms with E-state index >= 15 is 0 Å². The van der Waals surface area contributed by atoms with Crippen molar-refractivity contribution in [2.75, 3.05) is 42.1 Å². The SMILES string of the molecule is Cc1cccc(N2CCN(S(=O)(=O)CC(=O)Nc3cccc(-c4nnnn4C4CC4)c3)CC2)c1. The number of rotatable bonds is 7. The maximum Gasteiger partial charge on any atom is 0.241 e. The van der Waals surface area contributed by atoms with Gasteiger partial charge in [0.05, 0.1) is 6.04 Å². The zero-order valence-corrected chi connectivity index (χ0v) is 19.8. The number of sulfonamides is 1. The van der Waals surface area contributed by atoms with Crippen molar-refractivity contribution in [2.45, 2.75) is 25.8 Å². The van der Waals surface area contributed by atoms with Crippen LogP contribution in [0.3, 0.4) is 0 Å². The van der Waals surface area contributed by atoms with Crippen LogP contribution in [0, 0.1) is 6.92 Å². The molecule has 34 heavy (non-hydrogen) atoms. The summed E-state index contributed by atoms with van der Waals surface area (Å²) >= 11 is 0. The summed E-state index contributed by atoms with van der Waals surface area (Å²) in [5.41, 5.74) is 3.52. The fourth-order valence-electron chi connectivity index (χ4n) is 4.19. The van der Waals surface area contributed by atoms with Crippen molar-refractivity contribution in [3.8, 4) is 11.4 Å². The van der Waals surface area contributed by atoms with Crippen molar-refractivity contribution in [3.63, 3.8) is 0 Å². The smallest absolute Gasteiger partial charge is 0.241 e. The lowest BCUT2D eigenvalue weighted by Crippen LogP contribution is -2.50. The van der Waals surface area contributed by atoms with Crippen molar-refractivity contribution in [1.29, 1.82) is 0 Å². The monoisotopic (exact) mass is 481 g/mol. The number of piperazine rings is 1. The zero-order valence-electron chi connectivity index (χ0n) is 19.0. The minimum Gasteiger partial charge on any atom is -0.369 e. The van der Waals surface area contributed by atoms with Crippen LogP contribution in [0.25, 0.3) is 11.4 Å². The second kappa shape index (κ2) is 9.15. The Morgan fingerprint density at radius 1 is 1.06 bits per heavy atom. The molecule has 178 valence electrons. The van der Waals surface area contributed by atoms with Crippen LogP contribution in [0.15, 0.2) is 48.5 Å². The molecule has 1 saturated carbocycles. The van der Waals surface area contributed by atoms with Gasteiger partial charge in [0, 0.05) is 43.1 Å². The van der Waals surface area contributed by atoms with Gasteiger partial charge in [0.15, 0.2) is 5.82 Å². The minimum atomic E-state index is -3.72. The summed E-state index contributed by atoms with van der Waals surface area (Å²) in [5.74, 6) is -0.528. The molecule has 10 nitrogen and oxygen atoms in total. The third-order valence-electron chi connectivity index (χ3n) is 6.10. The Morgan fingerprint density at radius 2 is 1.82 bits per heavy atom. The van der Waals surface area contributed by atoms with E-state index in [1.165, 1.54) is 4.31 Å². The quantitative estimate of drug-likeness (QED) is 0.550. The molecule has 1 aliphatic carbocycles. The molecule has 11 heteroatoms. The topological polar surface area (TPSA) is 113 Å². The molecule has 5 rings (SSSR count). The number of benzene rings is 2. The van der Waals surface area contributed by atoms with Gasteiger partial charge < -0.3 is 10.2 Å². The molecule has 2 aromatic carbocycles. The van der Waals surface area contributed by atoms with Crippen molar-refractivity contribution in [3.05, 3.63) is 54.1 Å². The highest BCUT2D eigenvalue weighted by Crippen LogP contribution is 2.36. The summed E-state index contributed by atoms with van der Waals surface area (Å²) in [5, 5.41) is 14.6. The number of hydrogen-bond acceptors (Lipinski definition) is 7. The van der Waals surface area contributed by atoms with Gasteiger partial charge >= 0.3 is 0 Å². The first kappa shape index (κ1) is 22.5. The van der Waals surface area contributed by atoms with Crippen LogP contribution in [0.5, 0.6) is 0 Å². The second-order valence-electron chi connectivity index (χ2n) is 8.79. The lowest BCUT2D eigenvalue weighted by molar-refractivity contribution is -0.113. The number of anilines is 2. The van der Waals surface area contributed by atoms with E-state index in [-0.39, 0.29) is 0 Å². The number of carbonyl (C=O) groups excluding carboxylic acids is 1. The first-order valence-electron chi connectivity index (χ1n) is 11.4. The normalized spacial score (nSPS) is 17.0. The average Bonchev–Trinajstić information content (AvgIpc) is 3.55. The van der Waals surface area contributed by atoms with Gasteiger partial charge in [-0.2, -0.15) is 4.31 Å². The van der Waals surface area contributed by atoms with Gasteiger partial charge in [-0.05, 0) is 60.0 Å². The molecular weight excluding hydrogens is 454 g/mol. The van der Waals surface area contributed by atoms with Gasteiger partial charge in [-0.1, -0.05) is 24.3 Å². The predicted octanol–water partition coefficient (Wildman–Crippen LogP) is 2.07. The number of nitrogens with zero attached hydrogens (tertiary/aromatic N) is 6. The molecule has 0 radical (unpaired) electrons. The lowest BCUT2D eigenvalue weighted by atomic mass is 10.2. The number of aromatic nitrogens is 4. The van der Waals surface area contributed by atoms with E-state index in [1.54, 1.807) is 22.9 Å². The Labute approximate surface area is 198 Å². The molecule has 1 saturated heterocycles. The predicted molar refractivity (Wildman–Crippen MR) is 129 cm³/mol. The molecule has 0 atom stereocenters. The summed E-state index contributed by atoms with van der Waals surface area (Å²) in [4.78, 5) is 14.8. The molecule has 1 aliphatic heterocycles. The van der Waals surface area contributed by atoms with E-state index in [4.69, 9.17) is 0 Å². The van der Waals surface area contributed by atoms with Crippen molar-refractivity contribution < 1.29 is 13.2 Å². The molecule has 0 spiro atoms.